The molecule has 0 amide bonds. The second-order valence-corrected chi connectivity index (χ2v) is 8.79. The van der Waals surface area contributed by atoms with Gasteiger partial charge < -0.3 is 18.1 Å². The molecule has 0 saturated heterocycles. The van der Waals surface area contributed by atoms with E-state index in [1.807, 2.05) is 0 Å². The molecule has 0 unspecified atom stereocenters. The summed E-state index contributed by atoms with van der Waals surface area (Å²) in [7, 11) is 0. The largest absolute Gasteiger partial charge is 1.00 e. The monoisotopic (exact) mass is 389 g/mol. The molecule has 0 rings (SSSR count). The number of hydrogen-bond acceptors (Lipinski definition) is 0. The predicted octanol–water partition coefficient (Wildman–Crippen LogP) is 4.69. The first-order valence-corrected chi connectivity index (χ1v) is 11.9. The first-order valence-electron chi connectivity index (χ1n) is 11.9. The quantitative estimate of drug-likeness (QED) is 0.329. The van der Waals surface area contributed by atoms with Crippen molar-refractivity contribution in [2.75, 3.05) is 0 Å². The summed E-state index contributed by atoms with van der Waals surface area (Å²) in [6.07, 6.45) is 23.4. The minimum atomic E-state index is 0. The van der Waals surface area contributed by atoms with Crippen LogP contribution in [0.4, 0.5) is 0 Å². The minimum absolute atomic E-state index is 0. The SMILES string of the molecule is CCCCCCC(CCCC)(CCCC)C([NH3+])(CCCC)CCCC.[Cl-]. The molecule has 0 aliphatic heterocycles. The van der Waals surface area contributed by atoms with Crippen LogP contribution in [-0.4, -0.2) is 5.54 Å². The predicted molar refractivity (Wildman–Crippen MR) is 115 cm³/mol. The van der Waals surface area contributed by atoms with Crippen molar-refractivity contribution < 1.29 is 18.1 Å². The second-order valence-electron chi connectivity index (χ2n) is 8.79. The number of unbranched alkanes of at least 4 members (excludes halogenated alkanes) is 7. The van der Waals surface area contributed by atoms with Gasteiger partial charge >= 0.3 is 0 Å². The normalized spacial score (nSPS) is 12.2. The summed E-state index contributed by atoms with van der Waals surface area (Å²) in [5.41, 5.74) is 5.83. The highest BCUT2D eigenvalue weighted by Crippen LogP contribution is 2.48. The fourth-order valence-corrected chi connectivity index (χ4v) is 4.78. The first kappa shape index (κ1) is 28.5. The first-order chi connectivity index (χ1) is 12.1. The molecule has 0 bridgehead atoms. The minimum Gasteiger partial charge on any atom is -1.00 e. The highest BCUT2D eigenvalue weighted by Gasteiger charge is 2.49. The van der Waals surface area contributed by atoms with Gasteiger partial charge in [0.1, 0.15) is 5.54 Å². The third-order valence-electron chi connectivity index (χ3n) is 6.67. The van der Waals surface area contributed by atoms with E-state index in [9.17, 15) is 0 Å². The van der Waals surface area contributed by atoms with Crippen LogP contribution in [0, 0.1) is 5.41 Å². The molecule has 0 aliphatic rings. The van der Waals surface area contributed by atoms with Gasteiger partial charge in [-0.25, -0.2) is 0 Å². The Bertz CT molecular complexity index is 274. The summed E-state index contributed by atoms with van der Waals surface area (Å²) >= 11 is 0. The molecule has 0 aromatic carbocycles. The Balaban J connectivity index is 0. The summed E-state index contributed by atoms with van der Waals surface area (Å²) in [6, 6.07) is 0. The van der Waals surface area contributed by atoms with Crippen molar-refractivity contribution in [1.29, 1.82) is 0 Å². The van der Waals surface area contributed by atoms with Crippen LogP contribution in [0.15, 0.2) is 0 Å². The zero-order valence-corrected chi connectivity index (χ0v) is 19.9. The molecule has 0 heterocycles. The molecule has 0 aromatic rings. The molecule has 0 spiro atoms. The Labute approximate surface area is 173 Å². The van der Waals surface area contributed by atoms with Crippen LogP contribution in [0.2, 0.25) is 0 Å². The maximum Gasteiger partial charge on any atom is 0.100 e. The van der Waals surface area contributed by atoms with E-state index < -0.39 is 0 Å². The summed E-state index contributed by atoms with van der Waals surface area (Å²) in [6.45, 7) is 11.8. The molecule has 0 aromatic heterocycles. The molecule has 0 atom stereocenters. The van der Waals surface area contributed by atoms with E-state index in [4.69, 9.17) is 5.73 Å². The Hall–Kier alpha value is 0.250. The van der Waals surface area contributed by atoms with E-state index in [-0.39, 0.29) is 12.4 Å². The maximum atomic E-state index is 5.02. The Morgan fingerprint density at radius 3 is 1.19 bits per heavy atom. The standard InChI is InChI=1S/C24H51N.ClH/c1-6-11-16-17-20-23(18-12-7-2,19-13-8-3)24(25,21-14-9-4)22-15-10-5;/h6-22,25H2,1-5H3;1H. The van der Waals surface area contributed by atoms with Crippen LogP contribution < -0.4 is 18.1 Å². The van der Waals surface area contributed by atoms with Crippen LogP contribution in [-0.2, 0) is 0 Å². The van der Waals surface area contributed by atoms with E-state index >= 15 is 0 Å². The number of halogens is 1. The van der Waals surface area contributed by atoms with Crippen molar-refractivity contribution in [2.45, 2.75) is 149 Å². The Morgan fingerprint density at radius 1 is 0.462 bits per heavy atom. The molecule has 0 aliphatic carbocycles. The number of hydrogen-bond donors (Lipinski definition) is 1. The van der Waals surface area contributed by atoms with Crippen LogP contribution in [0.25, 0.3) is 0 Å². The van der Waals surface area contributed by atoms with Crippen LogP contribution in [0.1, 0.15) is 144 Å². The van der Waals surface area contributed by atoms with Gasteiger partial charge in [-0.3, -0.25) is 0 Å². The molecule has 2 heteroatoms. The van der Waals surface area contributed by atoms with Gasteiger partial charge in [0, 0.05) is 18.3 Å². The lowest BCUT2D eigenvalue weighted by atomic mass is 9.58. The topological polar surface area (TPSA) is 27.6 Å². The lowest BCUT2D eigenvalue weighted by molar-refractivity contribution is -0.515. The third kappa shape index (κ3) is 9.98. The van der Waals surface area contributed by atoms with Gasteiger partial charge in [-0.15, -0.1) is 0 Å². The molecule has 0 radical (unpaired) electrons. The number of rotatable bonds is 18. The summed E-state index contributed by atoms with van der Waals surface area (Å²) < 4.78 is 0. The van der Waals surface area contributed by atoms with Crippen molar-refractivity contribution >= 4 is 0 Å². The summed E-state index contributed by atoms with van der Waals surface area (Å²) in [5.74, 6) is 0. The van der Waals surface area contributed by atoms with Crippen LogP contribution >= 0.6 is 0 Å². The van der Waals surface area contributed by atoms with Crippen molar-refractivity contribution in [3.05, 3.63) is 0 Å². The van der Waals surface area contributed by atoms with Gasteiger partial charge in [0.25, 0.3) is 0 Å². The zero-order chi connectivity index (χ0) is 19.0. The Kier molecular flexibility index (Phi) is 19.0. The molecule has 160 valence electrons. The van der Waals surface area contributed by atoms with Crippen LogP contribution in [0.5, 0.6) is 0 Å². The van der Waals surface area contributed by atoms with E-state index in [0.29, 0.717) is 11.0 Å². The molecule has 0 fully saturated rings. The van der Waals surface area contributed by atoms with Crippen molar-refractivity contribution in [2.24, 2.45) is 5.41 Å². The highest BCUT2D eigenvalue weighted by molar-refractivity contribution is 4.97. The van der Waals surface area contributed by atoms with E-state index in [1.54, 1.807) is 0 Å². The van der Waals surface area contributed by atoms with Crippen molar-refractivity contribution in [3.8, 4) is 0 Å². The molecule has 1 nitrogen and oxygen atoms in total. The van der Waals surface area contributed by atoms with Crippen molar-refractivity contribution in [3.63, 3.8) is 0 Å². The average Bonchev–Trinajstić information content (AvgIpc) is 2.63. The molecule has 3 N–H and O–H groups in total. The van der Waals surface area contributed by atoms with Crippen LogP contribution in [0.3, 0.4) is 0 Å². The molecule has 26 heavy (non-hydrogen) atoms. The third-order valence-corrected chi connectivity index (χ3v) is 6.67. The smallest absolute Gasteiger partial charge is 0.100 e. The second kappa shape index (κ2) is 17.4. The maximum absolute atomic E-state index is 5.02. The lowest BCUT2D eigenvalue weighted by Crippen LogP contribution is -3.00. The van der Waals surface area contributed by atoms with Gasteiger partial charge in [0.15, 0.2) is 0 Å². The van der Waals surface area contributed by atoms with Gasteiger partial charge in [-0.05, 0) is 32.1 Å². The van der Waals surface area contributed by atoms with E-state index in [0.717, 1.165) is 0 Å². The average molecular weight is 390 g/mol. The number of quaternary nitrogens is 1. The van der Waals surface area contributed by atoms with Gasteiger partial charge in [-0.1, -0.05) is 98.8 Å². The Morgan fingerprint density at radius 2 is 0.808 bits per heavy atom. The van der Waals surface area contributed by atoms with Gasteiger partial charge in [-0.2, -0.15) is 0 Å². The fraction of sp³-hybridized carbons (Fsp3) is 1.00. The molecular formula is C24H52ClN. The summed E-state index contributed by atoms with van der Waals surface area (Å²) in [5, 5.41) is 0. The molecule has 0 saturated carbocycles. The lowest BCUT2D eigenvalue weighted by Gasteiger charge is -2.47. The zero-order valence-electron chi connectivity index (χ0n) is 19.1. The summed E-state index contributed by atoms with van der Waals surface area (Å²) in [4.78, 5) is 0. The van der Waals surface area contributed by atoms with Gasteiger partial charge in [0.2, 0.25) is 0 Å². The van der Waals surface area contributed by atoms with E-state index in [2.05, 4.69) is 34.6 Å². The van der Waals surface area contributed by atoms with Gasteiger partial charge in [0.05, 0.1) is 0 Å². The molecular weight excluding hydrogens is 338 g/mol. The van der Waals surface area contributed by atoms with E-state index in [1.165, 1.54) is 109 Å². The van der Waals surface area contributed by atoms with Crippen molar-refractivity contribution in [1.82, 2.24) is 0 Å². The highest BCUT2D eigenvalue weighted by atomic mass is 35.5. The fourth-order valence-electron chi connectivity index (χ4n) is 4.78.